The van der Waals surface area contributed by atoms with Crippen molar-refractivity contribution >= 4 is 25.3 Å². The van der Waals surface area contributed by atoms with Gasteiger partial charge in [0.2, 0.25) is 0 Å². The Kier molecular flexibility index (Phi) is 9.73. The van der Waals surface area contributed by atoms with Gasteiger partial charge in [0.15, 0.2) is 0 Å². The van der Waals surface area contributed by atoms with Crippen LogP contribution in [0.25, 0.3) is 0 Å². The Morgan fingerprint density at radius 2 is 1.72 bits per heavy atom. The third-order valence-corrected chi connectivity index (χ3v) is 3.95. The van der Waals surface area contributed by atoms with Crippen molar-refractivity contribution in [2.24, 2.45) is 5.73 Å². The molecular weight excluding hydrogens is 264 g/mol. The van der Waals surface area contributed by atoms with Crippen molar-refractivity contribution in [1.29, 1.82) is 0 Å². The van der Waals surface area contributed by atoms with E-state index in [4.69, 9.17) is 5.73 Å². The van der Waals surface area contributed by atoms with Crippen molar-refractivity contribution in [3.63, 3.8) is 0 Å². The number of nitrogens with one attached hydrogen (secondary N) is 3. The van der Waals surface area contributed by atoms with Crippen LogP contribution >= 0.6 is 25.3 Å². The first-order chi connectivity index (χ1) is 8.45. The first-order valence-electron chi connectivity index (χ1n) is 6.66. The van der Waals surface area contributed by atoms with Crippen LogP contribution in [0.1, 0.15) is 27.2 Å². The molecule has 110 valence electrons. The van der Waals surface area contributed by atoms with Crippen molar-refractivity contribution < 1.29 is 0 Å². The fourth-order valence-corrected chi connectivity index (χ4v) is 2.38. The summed E-state index contributed by atoms with van der Waals surface area (Å²) < 4.78 is 0. The maximum Gasteiger partial charge on any atom is 0.0798 e. The smallest absolute Gasteiger partial charge is 0.0798 e. The lowest BCUT2D eigenvalue weighted by Gasteiger charge is -2.37. The fourth-order valence-electron chi connectivity index (χ4n) is 1.76. The molecule has 0 fully saturated rings. The van der Waals surface area contributed by atoms with E-state index in [-0.39, 0.29) is 5.54 Å². The van der Waals surface area contributed by atoms with Crippen molar-refractivity contribution in [3.05, 3.63) is 0 Å². The number of hydrogen-bond acceptors (Lipinski definition) is 6. The molecule has 0 heterocycles. The van der Waals surface area contributed by atoms with Gasteiger partial charge in [0.05, 0.1) is 5.66 Å². The highest BCUT2D eigenvalue weighted by Crippen LogP contribution is 2.09. The zero-order valence-corrected chi connectivity index (χ0v) is 13.7. The molecule has 0 saturated carbocycles. The van der Waals surface area contributed by atoms with Crippen LogP contribution in [0.3, 0.4) is 0 Å². The van der Waals surface area contributed by atoms with Gasteiger partial charge < -0.3 is 16.4 Å². The molecule has 0 aromatic heterocycles. The summed E-state index contributed by atoms with van der Waals surface area (Å²) in [5.41, 5.74) is 5.94. The van der Waals surface area contributed by atoms with E-state index in [0.717, 1.165) is 44.1 Å². The molecule has 0 aliphatic rings. The number of hydrogen-bond donors (Lipinski definition) is 6. The van der Waals surface area contributed by atoms with Gasteiger partial charge in [-0.15, -0.1) is 0 Å². The van der Waals surface area contributed by atoms with Crippen molar-refractivity contribution in [2.75, 3.05) is 37.7 Å². The topological polar surface area (TPSA) is 62.1 Å². The zero-order valence-electron chi connectivity index (χ0n) is 11.9. The second kappa shape index (κ2) is 9.44. The molecule has 0 aliphatic carbocycles. The third kappa shape index (κ3) is 7.21. The molecule has 18 heavy (non-hydrogen) atoms. The van der Waals surface area contributed by atoms with E-state index < -0.39 is 5.66 Å². The lowest BCUT2D eigenvalue weighted by Crippen LogP contribution is -2.65. The molecule has 0 saturated heterocycles. The summed E-state index contributed by atoms with van der Waals surface area (Å²) in [6, 6.07) is 0. The molecule has 2 atom stereocenters. The average molecular weight is 295 g/mol. The first kappa shape index (κ1) is 18.5. The molecule has 0 rings (SSSR count). The van der Waals surface area contributed by atoms with Gasteiger partial charge in [-0.2, -0.15) is 25.3 Å². The molecule has 0 aliphatic heterocycles. The Balaban J connectivity index is 4.39. The summed E-state index contributed by atoms with van der Waals surface area (Å²) in [6.45, 7) is 9.73. The second-order valence-electron chi connectivity index (χ2n) is 5.01. The molecule has 5 N–H and O–H groups in total. The highest BCUT2D eigenvalue weighted by Gasteiger charge is 2.28. The van der Waals surface area contributed by atoms with Crippen LogP contribution in [0.4, 0.5) is 0 Å². The van der Waals surface area contributed by atoms with Crippen LogP contribution in [0.15, 0.2) is 0 Å². The highest BCUT2D eigenvalue weighted by atomic mass is 32.1. The minimum Gasteiger partial charge on any atom is -0.314 e. The van der Waals surface area contributed by atoms with E-state index in [1.807, 2.05) is 0 Å². The Labute approximate surface area is 123 Å². The molecule has 0 unspecified atom stereocenters. The Morgan fingerprint density at radius 3 is 2.17 bits per heavy atom. The second-order valence-corrected chi connectivity index (χ2v) is 5.78. The van der Waals surface area contributed by atoms with Crippen LogP contribution in [-0.2, 0) is 0 Å². The SMILES string of the molecule is CCNC[C@@](N)(CCS)NC[C@](C)(CS)NCC. The Morgan fingerprint density at radius 1 is 1.06 bits per heavy atom. The van der Waals surface area contributed by atoms with Crippen molar-refractivity contribution in [3.8, 4) is 0 Å². The maximum absolute atomic E-state index is 6.38. The summed E-state index contributed by atoms with van der Waals surface area (Å²) in [5, 5.41) is 10.2. The summed E-state index contributed by atoms with van der Waals surface area (Å²) >= 11 is 8.70. The Bertz CT molecular complexity index is 218. The van der Waals surface area contributed by atoms with E-state index in [1.54, 1.807) is 0 Å². The molecule has 4 nitrogen and oxygen atoms in total. The van der Waals surface area contributed by atoms with Crippen molar-refractivity contribution in [1.82, 2.24) is 16.0 Å². The molecule has 0 aromatic carbocycles. The number of rotatable bonds is 11. The predicted molar refractivity (Wildman–Crippen MR) is 87.9 cm³/mol. The van der Waals surface area contributed by atoms with E-state index in [2.05, 4.69) is 62.0 Å². The largest absolute Gasteiger partial charge is 0.314 e. The third-order valence-electron chi connectivity index (χ3n) is 3.03. The van der Waals surface area contributed by atoms with E-state index in [1.165, 1.54) is 0 Å². The van der Waals surface area contributed by atoms with Gasteiger partial charge in [0.1, 0.15) is 0 Å². The predicted octanol–water partition coefficient (Wildman–Crippen LogP) is 0.458. The summed E-state index contributed by atoms with van der Waals surface area (Å²) in [4.78, 5) is 0. The lowest BCUT2D eigenvalue weighted by atomic mass is 10.0. The summed E-state index contributed by atoms with van der Waals surface area (Å²) in [6.07, 6.45) is 0.831. The first-order valence-corrected chi connectivity index (χ1v) is 7.93. The molecule has 0 spiro atoms. The van der Waals surface area contributed by atoms with Gasteiger partial charge in [0, 0.05) is 24.4 Å². The molecule has 0 aromatic rings. The number of nitrogens with two attached hydrogens (primary N) is 1. The molecule has 0 bridgehead atoms. The van der Waals surface area contributed by atoms with Gasteiger partial charge in [-0.1, -0.05) is 13.8 Å². The molecule has 0 amide bonds. The average Bonchev–Trinajstić information content (AvgIpc) is 2.35. The maximum atomic E-state index is 6.38. The Hall–Kier alpha value is 0.540. The van der Waals surface area contributed by atoms with Crippen LogP contribution in [0.2, 0.25) is 0 Å². The van der Waals surface area contributed by atoms with Crippen LogP contribution in [0.5, 0.6) is 0 Å². The minimum absolute atomic E-state index is 0.0364. The van der Waals surface area contributed by atoms with E-state index >= 15 is 0 Å². The van der Waals surface area contributed by atoms with Gasteiger partial charge in [-0.05, 0) is 32.2 Å². The van der Waals surface area contributed by atoms with Gasteiger partial charge >= 0.3 is 0 Å². The quantitative estimate of drug-likeness (QED) is 0.248. The molecule has 6 heteroatoms. The van der Waals surface area contributed by atoms with Crippen molar-refractivity contribution in [2.45, 2.75) is 38.4 Å². The van der Waals surface area contributed by atoms with E-state index in [9.17, 15) is 0 Å². The fraction of sp³-hybridized carbons (Fsp3) is 1.00. The van der Waals surface area contributed by atoms with Crippen LogP contribution < -0.4 is 21.7 Å². The number of thiol groups is 2. The summed E-state index contributed by atoms with van der Waals surface area (Å²) in [5.74, 6) is 1.54. The normalized spacial score (nSPS) is 18.3. The number of likely N-dealkylation sites (N-methyl/N-ethyl adjacent to an activating group) is 2. The summed E-state index contributed by atoms with van der Waals surface area (Å²) in [7, 11) is 0. The zero-order chi connectivity index (χ0) is 14.1. The molecular formula is C12H30N4S2. The minimum atomic E-state index is -0.405. The van der Waals surface area contributed by atoms with Crippen LogP contribution in [0, 0.1) is 0 Å². The van der Waals surface area contributed by atoms with Gasteiger partial charge in [-0.25, -0.2) is 0 Å². The van der Waals surface area contributed by atoms with E-state index in [0.29, 0.717) is 0 Å². The molecule has 0 radical (unpaired) electrons. The monoisotopic (exact) mass is 294 g/mol. The van der Waals surface area contributed by atoms with Gasteiger partial charge in [-0.3, -0.25) is 5.32 Å². The van der Waals surface area contributed by atoms with Gasteiger partial charge in [0.25, 0.3) is 0 Å². The highest BCUT2D eigenvalue weighted by molar-refractivity contribution is 7.80. The lowest BCUT2D eigenvalue weighted by molar-refractivity contribution is 0.267. The standard InChI is InChI=1S/C12H30N4S2/c1-4-14-9-12(13,6-7-17)16-8-11(3,10-18)15-5-2/h14-18H,4-10,13H2,1-3H3/t11-,12-/m1/s1. The van der Waals surface area contributed by atoms with Crippen LogP contribution in [-0.4, -0.2) is 48.9 Å².